The van der Waals surface area contributed by atoms with Crippen LogP contribution in [0.3, 0.4) is 0 Å². The maximum Gasteiger partial charge on any atom is 0.335 e. The van der Waals surface area contributed by atoms with Crippen LogP contribution in [-0.2, 0) is 15.0 Å². The van der Waals surface area contributed by atoms with E-state index >= 15 is 0 Å². The molecule has 3 unspecified atom stereocenters. The highest BCUT2D eigenvalue weighted by Crippen LogP contribution is 2.49. The number of likely N-dealkylation sites (tertiary alicyclic amines) is 2. The molecule has 1 aromatic heterocycles. The summed E-state index contributed by atoms with van der Waals surface area (Å²) in [5.74, 6) is -3.00. The van der Waals surface area contributed by atoms with Crippen LogP contribution in [0.25, 0.3) is 10.9 Å². The van der Waals surface area contributed by atoms with Crippen molar-refractivity contribution in [2.45, 2.75) is 62.4 Å². The summed E-state index contributed by atoms with van der Waals surface area (Å²) in [6, 6.07) is 12.2. The Bertz CT molecular complexity index is 1590. The molecule has 6 rings (SSSR count). The second-order valence-electron chi connectivity index (χ2n) is 12.2. The number of rotatable bonds is 8. The predicted molar refractivity (Wildman–Crippen MR) is 162 cm³/mol. The van der Waals surface area contributed by atoms with Gasteiger partial charge in [0.05, 0.1) is 17.1 Å². The number of primary amides is 1. The summed E-state index contributed by atoms with van der Waals surface area (Å²) in [5, 5.41) is 13.2. The summed E-state index contributed by atoms with van der Waals surface area (Å²) in [6.07, 6.45) is 5.18. The molecule has 226 valence electrons. The van der Waals surface area contributed by atoms with E-state index in [4.69, 9.17) is 17.5 Å². The Morgan fingerprint density at radius 3 is 2.28 bits per heavy atom. The van der Waals surface area contributed by atoms with Crippen LogP contribution in [-0.4, -0.2) is 80.9 Å². The van der Waals surface area contributed by atoms with Gasteiger partial charge in [0.1, 0.15) is 6.04 Å². The van der Waals surface area contributed by atoms with E-state index in [1.807, 2.05) is 30.3 Å². The van der Waals surface area contributed by atoms with Crippen molar-refractivity contribution >= 4 is 46.4 Å². The zero-order valence-corrected chi connectivity index (χ0v) is 24.8. The largest absolute Gasteiger partial charge is 0.478 e. The number of carboxylic acids is 1. The van der Waals surface area contributed by atoms with E-state index in [1.54, 1.807) is 6.07 Å². The molecule has 3 amide bonds. The lowest BCUT2D eigenvalue weighted by molar-refractivity contribution is -0.141. The molecule has 43 heavy (non-hydrogen) atoms. The SMILES string of the molecule is CC(=O)N1CCC(c2cc3ccc(C(=O)O)cc3n2Cl)C(NC(=O)c2ccc(C3(CN4CCCC4)CC3)cc2)C1C(N)=O. The van der Waals surface area contributed by atoms with Gasteiger partial charge < -0.3 is 26.0 Å². The number of nitrogens with two attached hydrogens (primary N) is 1. The van der Waals surface area contributed by atoms with Gasteiger partial charge in [0.25, 0.3) is 5.91 Å². The Labute approximate surface area is 254 Å². The van der Waals surface area contributed by atoms with E-state index in [2.05, 4.69) is 10.2 Å². The number of nitrogens with zero attached hydrogens (tertiary/aromatic N) is 3. The van der Waals surface area contributed by atoms with Crippen LogP contribution >= 0.6 is 11.8 Å². The van der Waals surface area contributed by atoms with Gasteiger partial charge in [0.2, 0.25) is 11.8 Å². The maximum absolute atomic E-state index is 13.7. The Morgan fingerprint density at radius 2 is 1.67 bits per heavy atom. The van der Waals surface area contributed by atoms with Crippen molar-refractivity contribution < 1.29 is 24.3 Å². The van der Waals surface area contributed by atoms with Crippen molar-refractivity contribution in [2.75, 3.05) is 26.2 Å². The Hall–Kier alpha value is -3.89. The molecule has 2 aliphatic heterocycles. The number of benzene rings is 2. The van der Waals surface area contributed by atoms with Crippen molar-refractivity contribution in [1.29, 1.82) is 0 Å². The molecule has 0 spiro atoms. The zero-order valence-electron chi connectivity index (χ0n) is 24.1. The van der Waals surface area contributed by atoms with E-state index in [0.717, 1.165) is 32.5 Å². The molecular formula is C32H36ClN5O5. The van der Waals surface area contributed by atoms with Crippen molar-refractivity contribution in [3.8, 4) is 0 Å². The van der Waals surface area contributed by atoms with Gasteiger partial charge in [-0.25, -0.2) is 4.79 Å². The van der Waals surface area contributed by atoms with E-state index in [9.17, 15) is 24.3 Å². The minimum Gasteiger partial charge on any atom is -0.478 e. The molecule has 11 heteroatoms. The van der Waals surface area contributed by atoms with E-state index in [1.165, 1.54) is 46.4 Å². The molecule has 0 bridgehead atoms. The second-order valence-corrected chi connectivity index (χ2v) is 12.6. The Kier molecular flexibility index (Phi) is 7.68. The van der Waals surface area contributed by atoms with Crippen molar-refractivity contribution in [2.24, 2.45) is 5.73 Å². The molecule has 3 atom stereocenters. The summed E-state index contributed by atoms with van der Waals surface area (Å²) in [4.78, 5) is 54.5. The molecule has 1 aliphatic carbocycles. The second kappa shape index (κ2) is 11.3. The first-order valence-electron chi connectivity index (χ1n) is 14.8. The van der Waals surface area contributed by atoms with Crippen LogP contribution < -0.4 is 11.1 Å². The van der Waals surface area contributed by atoms with Gasteiger partial charge in [-0.05, 0) is 81.1 Å². The molecule has 3 aliphatic rings. The summed E-state index contributed by atoms with van der Waals surface area (Å²) < 4.78 is 1.37. The smallest absolute Gasteiger partial charge is 0.335 e. The van der Waals surface area contributed by atoms with Gasteiger partial charge >= 0.3 is 5.97 Å². The molecule has 1 saturated carbocycles. The van der Waals surface area contributed by atoms with Crippen LogP contribution in [0.2, 0.25) is 0 Å². The molecule has 2 aromatic carbocycles. The third-order valence-corrected chi connectivity index (χ3v) is 9.90. The minimum atomic E-state index is -1.10. The number of aromatic carboxylic acids is 1. The third-order valence-electron chi connectivity index (χ3n) is 9.52. The highest BCUT2D eigenvalue weighted by molar-refractivity contribution is 6.20. The fourth-order valence-corrected chi connectivity index (χ4v) is 7.37. The molecule has 2 saturated heterocycles. The van der Waals surface area contributed by atoms with E-state index in [0.29, 0.717) is 28.6 Å². The Morgan fingerprint density at radius 1 is 1.00 bits per heavy atom. The third kappa shape index (κ3) is 5.49. The first kappa shape index (κ1) is 29.2. The van der Waals surface area contributed by atoms with E-state index < -0.39 is 29.9 Å². The van der Waals surface area contributed by atoms with Crippen LogP contribution in [0, 0.1) is 0 Å². The van der Waals surface area contributed by atoms with Crippen molar-refractivity contribution in [1.82, 2.24) is 19.2 Å². The number of piperidine rings is 1. The monoisotopic (exact) mass is 605 g/mol. The fourth-order valence-electron chi connectivity index (χ4n) is 7.05. The van der Waals surface area contributed by atoms with Crippen molar-refractivity contribution in [3.05, 3.63) is 70.9 Å². The molecule has 3 heterocycles. The van der Waals surface area contributed by atoms with Gasteiger partial charge in [-0.3, -0.25) is 18.5 Å². The summed E-state index contributed by atoms with van der Waals surface area (Å²) in [5.41, 5.74) is 8.85. The molecule has 3 fully saturated rings. The number of aromatic nitrogens is 1. The van der Waals surface area contributed by atoms with Gasteiger partial charge in [0, 0.05) is 59.8 Å². The molecular weight excluding hydrogens is 570 g/mol. The summed E-state index contributed by atoms with van der Waals surface area (Å²) in [6.45, 7) is 4.95. The molecule has 10 nitrogen and oxygen atoms in total. The first-order chi connectivity index (χ1) is 20.6. The summed E-state index contributed by atoms with van der Waals surface area (Å²) >= 11 is 6.75. The average Bonchev–Trinajstić information content (AvgIpc) is 3.44. The maximum atomic E-state index is 13.7. The first-order valence-corrected chi connectivity index (χ1v) is 15.2. The number of carboxylic acid groups (broad SMARTS) is 1. The molecule has 3 aromatic rings. The molecule has 0 radical (unpaired) electrons. The molecule has 4 N–H and O–H groups in total. The van der Waals surface area contributed by atoms with Crippen LogP contribution in [0.5, 0.6) is 0 Å². The van der Waals surface area contributed by atoms with Crippen molar-refractivity contribution in [3.63, 3.8) is 0 Å². The number of nitrogens with one attached hydrogen (secondary N) is 1. The summed E-state index contributed by atoms with van der Waals surface area (Å²) in [7, 11) is 0. The number of hydrogen-bond acceptors (Lipinski definition) is 5. The minimum absolute atomic E-state index is 0.0853. The van der Waals surface area contributed by atoms with Gasteiger partial charge in [-0.15, -0.1) is 0 Å². The van der Waals surface area contributed by atoms with Gasteiger partial charge in [0.15, 0.2) is 0 Å². The van der Waals surface area contributed by atoms with Gasteiger partial charge in [-0.2, -0.15) is 0 Å². The van der Waals surface area contributed by atoms with Crippen LogP contribution in [0.15, 0.2) is 48.5 Å². The fraction of sp³-hybridized carbons (Fsp3) is 0.438. The highest BCUT2D eigenvalue weighted by atomic mass is 35.5. The zero-order chi connectivity index (χ0) is 30.5. The Balaban J connectivity index is 1.30. The number of carbonyl (C=O) groups excluding carboxylic acids is 3. The van der Waals surface area contributed by atoms with Crippen LogP contribution in [0.4, 0.5) is 0 Å². The van der Waals surface area contributed by atoms with Crippen LogP contribution in [0.1, 0.15) is 76.9 Å². The lowest BCUT2D eigenvalue weighted by Gasteiger charge is -2.44. The number of carbonyl (C=O) groups is 4. The van der Waals surface area contributed by atoms with E-state index in [-0.39, 0.29) is 29.3 Å². The standard InChI is InChI=1S/C32H36ClN5O5/c1-19(39)37-15-10-24(26-16-21-4-5-22(31(42)43)17-25(21)38(26)33)27(28(37)29(34)40)35-30(41)20-6-8-23(9-7-20)32(11-12-32)18-36-13-2-3-14-36/h4-9,16-17,24,27-28H,2-3,10-15,18H2,1H3,(H2,34,40)(H,35,41)(H,42,43). The number of halogens is 1. The normalized spacial score (nSPS) is 23.3. The topological polar surface area (TPSA) is 138 Å². The average molecular weight is 606 g/mol. The lowest BCUT2D eigenvalue weighted by atomic mass is 9.82. The lowest BCUT2D eigenvalue weighted by Crippen LogP contribution is -2.64. The predicted octanol–water partition coefficient (Wildman–Crippen LogP) is 3.46. The highest BCUT2D eigenvalue weighted by Gasteiger charge is 2.47. The number of fused-ring (bicyclic) bond motifs is 1. The quantitative estimate of drug-likeness (QED) is 0.360. The number of amides is 3. The number of hydrogen-bond donors (Lipinski definition) is 3. The van der Waals surface area contributed by atoms with Gasteiger partial charge in [-0.1, -0.05) is 18.2 Å².